The molecule has 0 saturated heterocycles. The van der Waals surface area contributed by atoms with Gasteiger partial charge in [0.2, 0.25) is 0 Å². The van der Waals surface area contributed by atoms with E-state index in [4.69, 9.17) is 4.74 Å². The Hall–Kier alpha value is -2.83. The predicted octanol–water partition coefficient (Wildman–Crippen LogP) is 3.40. The molecule has 4 rings (SSSR count). The Morgan fingerprint density at radius 1 is 1.21 bits per heavy atom. The maximum atomic E-state index is 12.8. The number of likely N-dealkylation sites (N-methyl/N-ethyl adjacent to an activating group) is 1. The molecule has 2 heterocycles. The zero-order valence-electron chi connectivity index (χ0n) is 16.4. The molecule has 1 amide bonds. The summed E-state index contributed by atoms with van der Waals surface area (Å²) >= 11 is 0. The quantitative estimate of drug-likeness (QED) is 0.714. The lowest BCUT2D eigenvalue weighted by Crippen LogP contribution is -2.18. The number of amides is 1. The van der Waals surface area contributed by atoms with E-state index in [1.165, 1.54) is 5.39 Å². The van der Waals surface area contributed by atoms with E-state index in [0.717, 1.165) is 42.1 Å². The lowest BCUT2D eigenvalue weighted by atomic mass is 10.1. The molecule has 0 spiro atoms. The van der Waals surface area contributed by atoms with Crippen molar-refractivity contribution in [1.82, 2.24) is 9.47 Å². The van der Waals surface area contributed by atoms with Crippen LogP contribution in [0.15, 0.2) is 48.7 Å². The molecule has 0 radical (unpaired) electrons. The molecular formula is C22H26N4O2. The SMILES string of the molecule is CN(C)CCn1ccc2ccc(NC(=O)c3ccc4c(c3)COCCN4)cc21. The van der Waals surface area contributed by atoms with Gasteiger partial charge in [-0.05, 0) is 55.9 Å². The van der Waals surface area contributed by atoms with Crippen LogP contribution in [-0.2, 0) is 17.9 Å². The van der Waals surface area contributed by atoms with Gasteiger partial charge in [0.1, 0.15) is 0 Å². The highest BCUT2D eigenvalue weighted by Crippen LogP contribution is 2.23. The van der Waals surface area contributed by atoms with Crippen molar-refractivity contribution < 1.29 is 9.53 Å². The molecule has 0 atom stereocenters. The standard InChI is InChI=1S/C22H26N4O2/c1-25(2)10-11-26-9-7-16-3-5-19(14-21(16)26)24-22(27)17-4-6-20-18(13-17)15-28-12-8-23-20/h3-7,9,13-14,23H,8,10-12,15H2,1-2H3,(H,24,27). The van der Waals surface area contributed by atoms with E-state index in [-0.39, 0.29) is 5.91 Å². The van der Waals surface area contributed by atoms with Crippen molar-refractivity contribution in [3.63, 3.8) is 0 Å². The smallest absolute Gasteiger partial charge is 0.255 e. The molecule has 6 nitrogen and oxygen atoms in total. The predicted molar refractivity (Wildman–Crippen MR) is 113 cm³/mol. The van der Waals surface area contributed by atoms with Crippen molar-refractivity contribution in [1.29, 1.82) is 0 Å². The average molecular weight is 378 g/mol. The van der Waals surface area contributed by atoms with Gasteiger partial charge in [-0.1, -0.05) is 6.07 Å². The van der Waals surface area contributed by atoms with Crippen molar-refractivity contribution >= 4 is 28.2 Å². The molecular weight excluding hydrogens is 352 g/mol. The van der Waals surface area contributed by atoms with Crippen LogP contribution in [-0.4, -0.2) is 49.2 Å². The number of hydrogen-bond acceptors (Lipinski definition) is 4. The zero-order valence-corrected chi connectivity index (χ0v) is 16.4. The molecule has 3 aromatic rings. The molecule has 0 saturated carbocycles. The number of benzene rings is 2. The van der Waals surface area contributed by atoms with Crippen LogP contribution < -0.4 is 10.6 Å². The van der Waals surface area contributed by atoms with Gasteiger partial charge in [0.05, 0.1) is 18.7 Å². The molecule has 2 aromatic carbocycles. The molecule has 146 valence electrons. The van der Waals surface area contributed by atoms with Crippen LogP contribution in [0.25, 0.3) is 10.9 Å². The highest BCUT2D eigenvalue weighted by molar-refractivity contribution is 6.05. The maximum absolute atomic E-state index is 12.8. The summed E-state index contributed by atoms with van der Waals surface area (Å²) in [5, 5.41) is 7.52. The average Bonchev–Trinajstić information content (AvgIpc) is 2.93. The Kier molecular flexibility index (Phi) is 5.32. The third-order valence-electron chi connectivity index (χ3n) is 5.01. The van der Waals surface area contributed by atoms with E-state index < -0.39 is 0 Å². The van der Waals surface area contributed by atoms with Gasteiger partial charge >= 0.3 is 0 Å². The van der Waals surface area contributed by atoms with E-state index in [0.29, 0.717) is 18.8 Å². The molecule has 0 fully saturated rings. The molecule has 0 aliphatic carbocycles. The fraction of sp³-hybridized carbons (Fsp3) is 0.318. The van der Waals surface area contributed by atoms with E-state index in [2.05, 4.69) is 46.5 Å². The lowest BCUT2D eigenvalue weighted by molar-refractivity contribution is 0.102. The van der Waals surface area contributed by atoms with Crippen LogP contribution in [0.2, 0.25) is 0 Å². The minimum Gasteiger partial charge on any atom is -0.382 e. The summed E-state index contributed by atoms with van der Waals surface area (Å²) in [7, 11) is 4.14. The first-order chi connectivity index (χ1) is 13.6. The van der Waals surface area contributed by atoms with E-state index >= 15 is 0 Å². The topological polar surface area (TPSA) is 58.5 Å². The van der Waals surface area contributed by atoms with Gasteiger partial charge in [0, 0.05) is 48.3 Å². The number of nitrogens with one attached hydrogen (secondary N) is 2. The largest absolute Gasteiger partial charge is 0.382 e. The Balaban J connectivity index is 1.53. The highest BCUT2D eigenvalue weighted by atomic mass is 16.5. The van der Waals surface area contributed by atoms with E-state index in [1.54, 1.807) is 0 Å². The number of carbonyl (C=O) groups is 1. The van der Waals surface area contributed by atoms with Gasteiger partial charge < -0.3 is 24.8 Å². The molecule has 1 aliphatic rings. The van der Waals surface area contributed by atoms with Crippen molar-refractivity contribution in [3.8, 4) is 0 Å². The Morgan fingerprint density at radius 3 is 2.96 bits per heavy atom. The van der Waals surface area contributed by atoms with Crippen LogP contribution in [0.3, 0.4) is 0 Å². The first-order valence-corrected chi connectivity index (χ1v) is 9.60. The number of rotatable bonds is 5. The van der Waals surface area contributed by atoms with Gasteiger partial charge in [-0.2, -0.15) is 0 Å². The second-order valence-electron chi connectivity index (χ2n) is 7.39. The Morgan fingerprint density at radius 2 is 2.11 bits per heavy atom. The number of fused-ring (bicyclic) bond motifs is 2. The molecule has 0 bridgehead atoms. The minimum absolute atomic E-state index is 0.113. The number of hydrogen-bond donors (Lipinski definition) is 2. The van der Waals surface area contributed by atoms with Gasteiger partial charge in [-0.3, -0.25) is 4.79 Å². The summed E-state index contributed by atoms with van der Waals surface area (Å²) < 4.78 is 7.78. The second kappa shape index (κ2) is 8.04. The Labute approximate surface area is 165 Å². The Bertz CT molecular complexity index is 993. The third kappa shape index (κ3) is 4.03. The molecule has 2 N–H and O–H groups in total. The van der Waals surface area contributed by atoms with Gasteiger partial charge in [0.15, 0.2) is 0 Å². The number of carbonyl (C=O) groups excluding carboxylic acids is 1. The fourth-order valence-corrected chi connectivity index (χ4v) is 3.43. The lowest BCUT2D eigenvalue weighted by Gasteiger charge is -2.12. The molecule has 6 heteroatoms. The summed E-state index contributed by atoms with van der Waals surface area (Å²) in [4.78, 5) is 14.9. The summed E-state index contributed by atoms with van der Waals surface area (Å²) in [5.74, 6) is -0.113. The zero-order chi connectivity index (χ0) is 19.5. The first kappa shape index (κ1) is 18.5. The first-order valence-electron chi connectivity index (χ1n) is 9.60. The molecule has 28 heavy (non-hydrogen) atoms. The van der Waals surface area contributed by atoms with E-state index in [1.807, 2.05) is 36.4 Å². The van der Waals surface area contributed by atoms with Crippen LogP contribution in [0.1, 0.15) is 15.9 Å². The maximum Gasteiger partial charge on any atom is 0.255 e. The van der Waals surface area contributed by atoms with Crippen LogP contribution in [0.4, 0.5) is 11.4 Å². The number of anilines is 2. The summed E-state index contributed by atoms with van der Waals surface area (Å²) in [6.07, 6.45) is 2.10. The molecule has 1 aliphatic heterocycles. The number of aromatic nitrogens is 1. The highest BCUT2D eigenvalue weighted by Gasteiger charge is 2.13. The number of nitrogens with zero attached hydrogens (tertiary/aromatic N) is 2. The van der Waals surface area contributed by atoms with Crippen molar-refractivity contribution in [2.75, 3.05) is 44.4 Å². The minimum atomic E-state index is -0.113. The molecule has 1 aromatic heterocycles. The van der Waals surface area contributed by atoms with Crippen LogP contribution in [0.5, 0.6) is 0 Å². The third-order valence-corrected chi connectivity index (χ3v) is 5.01. The van der Waals surface area contributed by atoms with Crippen LogP contribution >= 0.6 is 0 Å². The van der Waals surface area contributed by atoms with Crippen molar-refractivity contribution in [3.05, 3.63) is 59.8 Å². The van der Waals surface area contributed by atoms with Gasteiger partial charge in [-0.25, -0.2) is 0 Å². The van der Waals surface area contributed by atoms with E-state index in [9.17, 15) is 4.79 Å². The summed E-state index contributed by atoms with van der Waals surface area (Å²) in [5.41, 5.74) is 4.60. The monoisotopic (exact) mass is 378 g/mol. The van der Waals surface area contributed by atoms with Crippen LogP contribution in [0, 0.1) is 0 Å². The van der Waals surface area contributed by atoms with Gasteiger partial charge in [-0.15, -0.1) is 0 Å². The van der Waals surface area contributed by atoms with Gasteiger partial charge in [0.25, 0.3) is 5.91 Å². The summed E-state index contributed by atoms with van der Waals surface area (Å²) in [6, 6.07) is 13.9. The fourth-order valence-electron chi connectivity index (χ4n) is 3.43. The van der Waals surface area contributed by atoms with Crippen molar-refractivity contribution in [2.45, 2.75) is 13.2 Å². The second-order valence-corrected chi connectivity index (χ2v) is 7.39. The number of ether oxygens (including phenoxy) is 1. The molecule has 0 unspecified atom stereocenters. The summed E-state index contributed by atoms with van der Waals surface area (Å²) in [6.45, 7) is 3.85. The normalized spacial score (nSPS) is 13.8. The van der Waals surface area contributed by atoms with Crippen molar-refractivity contribution in [2.24, 2.45) is 0 Å².